The van der Waals surface area contributed by atoms with Crippen LogP contribution in [0.25, 0.3) is 0 Å². The number of aryl methyl sites for hydroxylation is 1. The molecule has 0 saturated carbocycles. The second-order valence-electron chi connectivity index (χ2n) is 6.06. The van der Waals surface area contributed by atoms with Crippen LogP contribution in [0.15, 0.2) is 59.2 Å². The summed E-state index contributed by atoms with van der Waals surface area (Å²) in [7, 11) is 0. The minimum Gasteiger partial charge on any atom is -0.467 e. The Hall–Kier alpha value is -2.75. The lowest BCUT2D eigenvalue weighted by atomic mass is 10.1. The number of carbonyl (C=O) groups excluding carboxylic acids is 1. The Balaban J connectivity index is 1.78. The number of benzene rings is 1. The van der Waals surface area contributed by atoms with Crippen molar-refractivity contribution >= 4 is 5.91 Å². The van der Waals surface area contributed by atoms with Crippen LogP contribution in [-0.4, -0.2) is 10.5 Å². The van der Waals surface area contributed by atoms with Gasteiger partial charge in [-0.25, -0.2) is 0 Å². The average Bonchev–Trinajstić information content (AvgIpc) is 3.19. The molecule has 4 heteroatoms. The highest BCUT2D eigenvalue weighted by molar-refractivity contribution is 5.96. The van der Waals surface area contributed by atoms with Crippen LogP contribution in [0.2, 0.25) is 0 Å². The van der Waals surface area contributed by atoms with Gasteiger partial charge in [-0.2, -0.15) is 0 Å². The molecule has 2 aromatic heterocycles. The van der Waals surface area contributed by atoms with E-state index in [-0.39, 0.29) is 11.9 Å². The van der Waals surface area contributed by atoms with E-state index in [0.717, 1.165) is 22.7 Å². The zero-order valence-electron chi connectivity index (χ0n) is 14.2. The van der Waals surface area contributed by atoms with E-state index in [4.69, 9.17) is 4.42 Å². The molecule has 2 heterocycles. The van der Waals surface area contributed by atoms with Crippen LogP contribution >= 0.6 is 0 Å². The second kappa shape index (κ2) is 6.79. The summed E-state index contributed by atoms with van der Waals surface area (Å²) in [6.07, 6.45) is 1.67. The molecule has 0 aliphatic heterocycles. The molecule has 24 heavy (non-hydrogen) atoms. The Morgan fingerprint density at radius 2 is 1.92 bits per heavy atom. The highest BCUT2D eigenvalue weighted by atomic mass is 16.3. The second-order valence-corrected chi connectivity index (χ2v) is 6.06. The molecule has 0 aliphatic rings. The molecule has 1 amide bonds. The Bertz CT molecular complexity index is 817. The summed E-state index contributed by atoms with van der Waals surface area (Å²) in [4.78, 5) is 12.7. The van der Waals surface area contributed by atoms with E-state index in [1.165, 1.54) is 0 Å². The van der Waals surface area contributed by atoms with Crippen molar-refractivity contribution < 1.29 is 9.21 Å². The highest BCUT2D eigenvalue weighted by Gasteiger charge is 2.18. The Kier molecular flexibility index (Phi) is 4.56. The molecular formula is C20H22N2O2. The first-order chi connectivity index (χ1) is 11.6. The van der Waals surface area contributed by atoms with Crippen LogP contribution in [0.3, 0.4) is 0 Å². The predicted molar refractivity (Wildman–Crippen MR) is 94.0 cm³/mol. The van der Waals surface area contributed by atoms with E-state index in [1.54, 1.807) is 6.26 Å². The van der Waals surface area contributed by atoms with Gasteiger partial charge in [-0.1, -0.05) is 30.3 Å². The monoisotopic (exact) mass is 322 g/mol. The number of carbonyl (C=O) groups is 1. The largest absolute Gasteiger partial charge is 0.467 e. The number of rotatable bonds is 5. The van der Waals surface area contributed by atoms with Crippen LogP contribution in [0.1, 0.15) is 46.0 Å². The van der Waals surface area contributed by atoms with Crippen molar-refractivity contribution in [3.05, 3.63) is 83.1 Å². The van der Waals surface area contributed by atoms with Crippen LogP contribution in [0.4, 0.5) is 0 Å². The van der Waals surface area contributed by atoms with Gasteiger partial charge in [0.15, 0.2) is 0 Å². The molecule has 1 aromatic carbocycles. The molecular weight excluding hydrogens is 300 g/mol. The third-order valence-electron chi connectivity index (χ3n) is 4.36. The lowest BCUT2D eigenvalue weighted by Gasteiger charge is -2.14. The van der Waals surface area contributed by atoms with Crippen molar-refractivity contribution in [2.75, 3.05) is 0 Å². The van der Waals surface area contributed by atoms with Crippen molar-refractivity contribution in [3.63, 3.8) is 0 Å². The van der Waals surface area contributed by atoms with Crippen LogP contribution in [0.5, 0.6) is 0 Å². The number of aromatic nitrogens is 1. The molecule has 0 radical (unpaired) electrons. The van der Waals surface area contributed by atoms with Crippen LogP contribution in [-0.2, 0) is 6.54 Å². The number of furan rings is 1. The van der Waals surface area contributed by atoms with Crippen molar-refractivity contribution in [2.45, 2.75) is 33.4 Å². The molecule has 0 aliphatic carbocycles. The topological polar surface area (TPSA) is 47.2 Å². The Labute approximate surface area is 142 Å². The standard InChI is InChI=1S/C20H22N2O2/c1-14-12-19(16(3)22(14)13-18-10-7-11-24-18)20(23)21-15(2)17-8-5-4-6-9-17/h4-12,15H,13H2,1-3H3,(H,21,23)/t15-/m0/s1. The van der Waals surface area contributed by atoms with Gasteiger partial charge in [0, 0.05) is 11.4 Å². The fourth-order valence-electron chi connectivity index (χ4n) is 2.93. The molecule has 3 aromatic rings. The molecule has 1 atom stereocenters. The van der Waals surface area contributed by atoms with Crippen molar-refractivity contribution in [2.24, 2.45) is 0 Å². The average molecular weight is 322 g/mol. The molecule has 0 unspecified atom stereocenters. The van der Waals surface area contributed by atoms with E-state index in [9.17, 15) is 4.79 Å². The Morgan fingerprint density at radius 1 is 1.17 bits per heavy atom. The number of nitrogens with one attached hydrogen (secondary N) is 1. The van der Waals surface area contributed by atoms with Gasteiger partial charge < -0.3 is 14.3 Å². The summed E-state index contributed by atoms with van der Waals surface area (Å²) in [5.41, 5.74) is 3.79. The number of nitrogens with zero attached hydrogens (tertiary/aromatic N) is 1. The zero-order chi connectivity index (χ0) is 17.1. The zero-order valence-corrected chi connectivity index (χ0v) is 14.2. The van der Waals surface area contributed by atoms with Crippen LogP contribution < -0.4 is 5.32 Å². The quantitative estimate of drug-likeness (QED) is 0.764. The first kappa shape index (κ1) is 16.1. The fourth-order valence-corrected chi connectivity index (χ4v) is 2.93. The third kappa shape index (κ3) is 3.27. The summed E-state index contributed by atoms with van der Waals surface area (Å²) in [6.45, 7) is 6.60. The van der Waals surface area contributed by atoms with Gasteiger partial charge in [-0.3, -0.25) is 4.79 Å². The minimum absolute atomic E-state index is 0.0353. The van der Waals surface area contributed by atoms with Gasteiger partial charge >= 0.3 is 0 Å². The normalized spacial score (nSPS) is 12.1. The molecule has 1 N–H and O–H groups in total. The first-order valence-electron chi connectivity index (χ1n) is 8.11. The molecule has 3 rings (SSSR count). The van der Waals surface area contributed by atoms with Gasteiger partial charge in [0.05, 0.1) is 24.4 Å². The number of amides is 1. The van der Waals surface area contributed by atoms with Gasteiger partial charge in [-0.05, 0) is 44.5 Å². The molecule has 0 bridgehead atoms. The van der Waals surface area contributed by atoms with Crippen molar-refractivity contribution in [3.8, 4) is 0 Å². The van der Waals surface area contributed by atoms with Gasteiger partial charge in [-0.15, -0.1) is 0 Å². The SMILES string of the molecule is Cc1cc(C(=O)N[C@@H](C)c2ccccc2)c(C)n1Cc1ccco1. The van der Waals surface area contributed by atoms with E-state index in [0.29, 0.717) is 12.1 Å². The van der Waals surface area contributed by atoms with E-state index in [2.05, 4.69) is 9.88 Å². The fraction of sp³-hybridized carbons (Fsp3) is 0.250. The first-order valence-corrected chi connectivity index (χ1v) is 8.11. The smallest absolute Gasteiger partial charge is 0.253 e. The minimum atomic E-state index is -0.0508. The summed E-state index contributed by atoms with van der Waals surface area (Å²) in [5, 5.41) is 3.08. The third-order valence-corrected chi connectivity index (χ3v) is 4.36. The van der Waals surface area contributed by atoms with Gasteiger partial charge in [0.1, 0.15) is 5.76 Å². The van der Waals surface area contributed by atoms with Crippen LogP contribution in [0, 0.1) is 13.8 Å². The predicted octanol–water partition coefficient (Wildman–Crippen LogP) is 4.24. The molecule has 124 valence electrons. The maximum atomic E-state index is 12.7. The summed E-state index contributed by atoms with van der Waals surface area (Å²) in [5.74, 6) is 0.826. The molecule has 4 nitrogen and oxygen atoms in total. The summed E-state index contributed by atoms with van der Waals surface area (Å²) >= 11 is 0. The van der Waals surface area contributed by atoms with E-state index >= 15 is 0 Å². The van der Waals surface area contributed by atoms with Crippen molar-refractivity contribution in [1.29, 1.82) is 0 Å². The van der Waals surface area contributed by atoms with Gasteiger partial charge in [0.25, 0.3) is 5.91 Å². The van der Waals surface area contributed by atoms with Crippen molar-refractivity contribution in [1.82, 2.24) is 9.88 Å². The lowest BCUT2D eigenvalue weighted by molar-refractivity contribution is 0.0939. The number of hydrogen-bond donors (Lipinski definition) is 1. The van der Waals surface area contributed by atoms with E-state index in [1.807, 2.05) is 69.3 Å². The highest BCUT2D eigenvalue weighted by Crippen LogP contribution is 2.19. The number of hydrogen-bond acceptors (Lipinski definition) is 2. The summed E-state index contributed by atoms with van der Waals surface area (Å²) in [6, 6.07) is 15.7. The molecule has 0 fully saturated rings. The summed E-state index contributed by atoms with van der Waals surface area (Å²) < 4.78 is 7.52. The molecule has 0 spiro atoms. The van der Waals surface area contributed by atoms with E-state index < -0.39 is 0 Å². The Morgan fingerprint density at radius 3 is 2.58 bits per heavy atom. The molecule has 0 saturated heterocycles. The maximum absolute atomic E-state index is 12.7. The lowest BCUT2D eigenvalue weighted by Crippen LogP contribution is -2.27. The van der Waals surface area contributed by atoms with Gasteiger partial charge in [0.2, 0.25) is 0 Å². The maximum Gasteiger partial charge on any atom is 0.253 e.